The van der Waals surface area contributed by atoms with Gasteiger partial charge in [0.25, 0.3) is 0 Å². The fraction of sp³-hybridized carbons (Fsp3) is 0.778. The lowest BCUT2D eigenvalue weighted by molar-refractivity contribution is -0.127. The van der Waals surface area contributed by atoms with Crippen molar-refractivity contribution in [3.05, 3.63) is 0 Å². The van der Waals surface area contributed by atoms with Crippen molar-refractivity contribution in [2.24, 2.45) is 16.9 Å². The number of carbonyl (C=O) groups is 1. The first-order valence-corrected chi connectivity index (χ1v) is 4.60. The van der Waals surface area contributed by atoms with Crippen LogP contribution in [0.3, 0.4) is 0 Å². The summed E-state index contributed by atoms with van der Waals surface area (Å²) in [5.41, 5.74) is 3.24. The third-order valence-corrected chi connectivity index (χ3v) is 2.61. The smallest absolute Gasteiger partial charge is 0.243 e. The van der Waals surface area contributed by atoms with Gasteiger partial charge in [-0.3, -0.25) is 4.79 Å². The van der Waals surface area contributed by atoms with Crippen molar-refractivity contribution < 1.29 is 9.90 Å². The van der Waals surface area contributed by atoms with Gasteiger partial charge in [0, 0.05) is 17.5 Å². The van der Waals surface area contributed by atoms with E-state index in [1.807, 2.05) is 20.8 Å². The van der Waals surface area contributed by atoms with E-state index in [9.17, 15) is 9.90 Å². The number of amides is 1. The van der Waals surface area contributed by atoms with E-state index >= 15 is 0 Å². The first-order valence-electron chi connectivity index (χ1n) is 4.60. The van der Waals surface area contributed by atoms with Gasteiger partial charge in [-0.25, -0.2) is 5.43 Å². The number of carbonyl (C=O) groups excluding carboxylic acids is 1. The number of nitrogens with zero attached hydrogens (tertiary/aromatic N) is 1. The van der Waals surface area contributed by atoms with Gasteiger partial charge in [0.05, 0.1) is 6.10 Å². The summed E-state index contributed by atoms with van der Waals surface area (Å²) in [6.45, 7) is 5.55. The quantitative estimate of drug-likeness (QED) is 0.657. The van der Waals surface area contributed by atoms with E-state index in [2.05, 4.69) is 10.5 Å². The Morgan fingerprint density at radius 2 is 2.31 bits per heavy atom. The Kier molecular flexibility index (Phi) is 3.03. The van der Waals surface area contributed by atoms with Crippen LogP contribution in [0.4, 0.5) is 0 Å². The van der Waals surface area contributed by atoms with Crippen LogP contribution in [-0.2, 0) is 4.79 Å². The number of hydrazone groups is 1. The van der Waals surface area contributed by atoms with Crippen molar-refractivity contribution in [3.8, 4) is 0 Å². The number of nitrogens with one attached hydrogen (secondary N) is 1. The van der Waals surface area contributed by atoms with Gasteiger partial charge in [0.15, 0.2) is 0 Å². The highest BCUT2D eigenvalue weighted by molar-refractivity contribution is 5.94. The van der Waals surface area contributed by atoms with Crippen molar-refractivity contribution in [1.82, 2.24) is 5.43 Å². The van der Waals surface area contributed by atoms with Gasteiger partial charge in [-0.15, -0.1) is 0 Å². The third-order valence-electron chi connectivity index (χ3n) is 2.61. The van der Waals surface area contributed by atoms with Crippen molar-refractivity contribution in [2.75, 3.05) is 0 Å². The average Bonchev–Trinajstić information content (AvgIpc) is 2.12. The van der Waals surface area contributed by atoms with Gasteiger partial charge in [-0.05, 0) is 13.3 Å². The van der Waals surface area contributed by atoms with Crippen molar-refractivity contribution >= 4 is 11.6 Å². The van der Waals surface area contributed by atoms with Crippen LogP contribution in [0, 0.1) is 11.8 Å². The van der Waals surface area contributed by atoms with Crippen LogP contribution in [0.1, 0.15) is 27.2 Å². The Balaban J connectivity index is 2.85. The second kappa shape index (κ2) is 3.87. The van der Waals surface area contributed by atoms with E-state index in [1.54, 1.807) is 0 Å². The Morgan fingerprint density at radius 1 is 1.69 bits per heavy atom. The van der Waals surface area contributed by atoms with Crippen LogP contribution in [0.2, 0.25) is 0 Å². The molecule has 1 rings (SSSR count). The van der Waals surface area contributed by atoms with Gasteiger partial charge in [0.1, 0.15) is 0 Å². The fourth-order valence-corrected chi connectivity index (χ4v) is 1.71. The molecule has 2 N–H and O–H groups in total. The van der Waals surface area contributed by atoms with Gasteiger partial charge < -0.3 is 5.11 Å². The van der Waals surface area contributed by atoms with Crippen LogP contribution < -0.4 is 5.43 Å². The Morgan fingerprint density at radius 3 is 2.85 bits per heavy atom. The molecule has 1 aliphatic heterocycles. The van der Waals surface area contributed by atoms with Gasteiger partial charge >= 0.3 is 0 Å². The normalized spacial score (nSPS) is 30.8. The molecule has 0 aromatic carbocycles. The molecule has 0 saturated carbocycles. The third kappa shape index (κ3) is 1.88. The molecule has 0 aliphatic carbocycles. The van der Waals surface area contributed by atoms with E-state index in [4.69, 9.17) is 0 Å². The van der Waals surface area contributed by atoms with E-state index in [0.29, 0.717) is 6.42 Å². The molecule has 0 spiro atoms. The molecule has 1 heterocycles. The molecule has 0 bridgehead atoms. The average molecular weight is 184 g/mol. The van der Waals surface area contributed by atoms with Gasteiger partial charge in [0.2, 0.25) is 5.91 Å². The zero-order valence-corrected chi connectivity index (χ0v) is 8.24. The standard InChI is InChI=1S/C9H16N2O2/c1-4-7(12)8-5(2)9(13)11-10-6(8)3/h5,7-8,12H,4H2,1-3H3,(H,11,13). The maximum absolute atomic E-state index is 11.2. The predicted molar refractivity (Wildman–Crippen MR) is 50.2 cm³/mol. The first kappa shape index (κ1) is 10.2. The Hall–Kier alpha value is -0.900. The summed E-state index contributed by atoms with van der Waals surface area (Å²) in [5, 5.41) is 13.5. The topological polar surface area (TPSA) is 61.7 Å². The molecule has 1 amide bonds. The van der Waals surface area contributed by atoms with Crippen LogP contribution in [-0.4, -0.2) is 22.8 Å². The molecule has 0 fully saturated rings. The molecule has 0 aromatic heterocycles. The van der Waals surface area contributed by atoms with E-state index < -0.39 is 6.10 Å². The largest absolute Gasteiger partial charge is 0.392 e. The van der Waals surface area contributed by atoms with Crippen LogP contribution in [0.25, 0.3) is 0 Å². The molecular weight excluding hydrogens is 168 g/mol. The second-order valence-corrected chi connectivity index (χ2v) is 3.52. The summed E-state index contributed by atoms with van der Waals surface area (Å²) in [7, 11) is 0. The SMILES string of the molecule is CCC(O)C1C(C)=NNC(=O)C1C. The van der Waals surface area contributed by atoms with Gasteiger partial charge in [-0.1, -0.05) is 13.8 Å². The zero-order chi connectivity index (χ0) is 10.0. The lowest BCUT2D eigenvalue weighted by Gasteiger charge is -2.29. The van der Waals surface area contributed by atoms with E-state index in [-0.39, 0.29) is 17.7 Å². The van der Waals surface area contributed by atoms with Crippen molar-refractivity contribution in [3.63, 3.8) is 0 Å². The van der Waals surface area contributed by atoms with E-state index in [0.717, 1.165) is 5.71 Å². The lowest BCUT2D eigenvalue weighted by Crippen LogP contribution is -2.44. The Labute approximate surface area is 78.0 Å². The molecule has 4 heteroatoms. The van der Waals surface area contributed by atoms with E-state index in [1.165, 1.54) is 0 Å². The highest BCUT2D eigenvalue weighted by Gasteiger charge is 2.34. The maximum atomic E-state index is 11.2. The van der Waals surface area contributed by atoms with Crippen LogP contribution in [0.5, 0.6) is 0 Å². The second-order valence-electron chi connectivity index (χ2n) is 3.52. The monoisotopic (exact) mass is 184 g/mol. The number of aliphatic hydroxyl groups excluding tert-OH is 1. The number of aliphatic hydroxyl groups is 1. The highest BCUT2D eigenvalue weighted by Crippen LogP contribution is 2.22. The summed E-state index contributed by atoms with van der Waals surface area (Å²) in [6, 6.07) is 0. The van der Waals surface area contributed by atoms with Gasteiger partial charge in [-0.2, -0.15) is 5.10 Å². The molecule has 74 valence electrons. The number of hydrogen-bond acceptors (Lipinski definition) is 3. The van der Waals surface area contributed by atoms with Crippen molar-refractivity contribution in [2.45, 2.75) is 33.3 Å². The summed E-state index contributed by atoms with van der Waals surface area (Å²) >= 11 is 0. The molecule has 0 aromatic rings. The summed E-state index contributed by atoms with van der Waals surface area (Å²) < 4.78 is 0. The minimum Gasteiger partial charge on any atom is -0.392 e. The maximum Gasteiger partial charge on any atom is 0.243 e. The fourth-order valence-electron chi connectivity index (χ4n) is 1.71. The first-order chi connectivity index (χ1) is 6.07. The summed E-state index contributed by atoms with van der Waals surface area (Å²) in [4.78, 5) is 11.2. The van der Waals surface area contributed by atoms with Crippen molar-refractivity contribution in [1.29, 1.82) is 0 Å². The van der Waals surface area contributed by atoms with Crippen LogP contribution >= 0.6 is 0 Å². The molecular formula is C9H16N2O2. The minimum absolute atomic E-state index is 0.108. The molecule has 4 nitrogen and oxygen atoms in total. The molecule has 0 saturated heterocycles. The minimum atomic E-state index is -0.468. The molecule has 3 unspecified atom stereocenters. The zero-order valence-electron chi connectivity index (χ0n) is 8.24. The molecule has 0 radical (unpaired) electrons. The molecule has 1 aliphatic rings. The highest BCUT2D eigenvalue weighted by atomic mass is 16.3. The summed E-state index contributed by atoms with van der Waals surface area (Å²) in [5.74, 6) is -0.422. The predicted octanol–water partition coefficient (Wildman–Crippen LogP) is 0.515. The number of hydrogen-bond donors (Lipinski definition) is 2. The molecule has 3 atom stereocenters. The van der Waals surface area contributed by atoms with Crippen LogP contribution in [0.15, 0.2) is 5.10 Å². The lowest BCUT2D eigenvalue weighted by atomic mass is 9.83. The number of rotatable bonds is 2. The molecule has 13 heavy (non-hydrogen) atoms. The Bertz CT molecular complexity index is 238. The summed E-state index contributed by atoms with van der Waals surface area (Å²) in [6.07, 6.45) is 0.180.